The standard InChI is InChI=1S/C24H34N4O3.HI/c1-25-24(27(2)16-19-8-6-7-9-21(19)29-3)26-11-13-28-12-10-18-14-22(30-4)23(31-5)15-20(18)17-28;/h6-9,14-15H,10-13,16-17H2,1-5H3,(H,25,26);1H. The van der Waals surface area contributed by atoms with E-state index in [-0.39, 0.29) is 24.0 Å². The van der Waals surface area contributed by atoms with Crippen LogP contribution >= 0.6 is 24.0 Å². The van der Waals surface area contributed by atoms with E-state index >= 15 is 0 Å². The number of rotatable bonds is 8. The fourth-order valence-electron chi connectivity index (χ4n) is 4.01. The van der Waals surface area contributed by atoms with Gasteiger partial charge >= 0.3 is 0 Å². The van der Waals surface area contributed by atoms with Crippen LogP contribution in [-0.2, 0) is 19.5 Å². The summed E-state index contributed by atoms with van der Waals surface area (Å²) in [5.41, 5.74) is 3.78. The van der Waals surface area contributed by atoms with Crippen LogP contribution in [0.1, 0.15) is 16.7 Å². The molecule has 32 heavy (non-hydrogen) atoms. The van der Waals surface area contributed by atoms with Crippen LogP contribution in [0.4, 0.5) is 0 Å². The average molecular weight is 554 g/mol. The zero-order valence-corrected chi connectivity index (χ0v) is 22.0. The largest absolute Gasteiger partial charge is 0.496 e. The van der Waals surface area contributed by atoms with Crippen molar-refractivity contribution >= 4 is 29.9 Å². The maximum absolute atomic E-state index is 5.47. The van der Waals surface area contributed by atoms with Gasteiger partial charge in [-0.15, -0.1) is 24.0 Å². The van der Waals surface area contributed by atoms with E-state index in [1.165, 1.54) is 11.1 Å². The smallest absolute Gasteiger partial charge is 0.193 e. The van der Waals surface area contributed by atoms with E-state index in [4.69, 9.17) is 14.2 Å². The van der Waals surface area contributed by atoms with Crippen LogP contribution in [0, 0.1) is 0 Å². The van der Waals surface area contributed by atoms with E-state index in [1.807, 2.05) is 32.3 Å². The van der Waals surface area contributed by atoms with Crippen molar-refractivity contribution in [2.75, 3.05) is 55.1 Å². The van der Waals surface area contributed by atoms with Crippen molar-refractivity contribution in [2.24, 2.45) is 4.99 Å². The van der Waals surface area contributed by atoms with E-state index in [9.17, 15) is 0 Å². The highest BCUT2D eigenvalue weighted by molar-refractivity contribution is 14.0. The van der Waals surface area contributed by atoms with Gasteiger partial charge in [-0.25, -0.2) is 0 Å². The third-order valence-electron chi connectivity index (χ3n) is 5.68. The number of benzene rings is 2. The number of fused-ring (bicyclic) bond motifs is 1. The predicted octanol–water partition coefficient (Wildman–Crippen LogP) is 3.40. The van der Waals surface area contributed by atoms with Crippen molar-refractivity contribution in [3.8, 4) is 17.2 Å². The minimum atomic E-state index is 0. The lowest BCUT2D eigenvalue weighted by molar-refractivity contribution is 0.255. The van der Waals surface area contributed by atoms with Gasteiger partial charge in [-0.2, -0.15) is 0 Å². The Bertz CT molecular complexity index is 907. The van der Waals surface area contributed by atoms with E-state index < -0.39 is 0 Å². The molecule has 0 unspecified atom stereocenters. The zero-order chi connectivity index (χ0) is 22.2. The summed E-state index contributed by atoms with van der Waals surface area (Å²) in [4.78, 5) is 9.01. The quantitative estimate of drug-likeness (QED) is 0.307. The number of nitrogens with zero attached hydrogens (tertiary/aromatic N) is 3. The molecule has 0 radical (unpaired) electrons. The Kier molecular flexibility index (Phi) is 10.4. The van der Waals surface area contributed by atoms with Gasteiger partial charge in [0.1, 0.15) is 5.75 Å². The van der Waals surface area contributed by atoms with Crippen LogP contribution in [-0.4, -0.2) is 70.8 Å². The lowest BCUT2D eigenvalue weighted by atomic mass is 9.99. The third kappa shape index (κ3) is 6.41. The Morgan fingerprint density at radius 3 is 2.34 bits per heavy atom. The van der Waals surface area contributed by atoms with E-state index in [0.29, 0.717) is 0 Å². The molecule has 0 spiro atoms. The van der Waals surface area contributed by atoms with Crippen LogP contribution < -0.4 is 19.5 Å². The Morgan fingerprint density at radius 2 is 1.69 bits per heavy atom. The number of hydrogen-bond acceptors (Lipinski definition) is 5. The molecule has 0 saturated carbocycles. The molecule has 0 bridgehead atoms. The molecule has 3 rings (SSSR count). The van der Waals surface area contributed by atoms with Crippen molar-refractivity contribution in [1.82, 2.24) is 15.1 Å². The van der Waals surface area contributed by atoms with Gasteiger partial charge in [-0.05, 0) is 35.7 Å². The normalized spacial score (nSPS) is 13.6. The SMILES string of the molecule is CN=C(NCCN1CCc2cc(OC)c(OC)cc2C1)N(C)Cc1ccccc1OC.I. The van der Waals surface area contributed by atoms with Gasteiger partial charge in [0.2, 0.25) is 0 Å². The third-order valence-corrected chi connectivity index (χ3v) is 5.68. The van der Waals surface area contributed by atoms with Gasteiger partial charge in [0.05, 0.1) is 21.3 Å². The summed E-state index contributed by atoms with van der Waals surface area (Å²) < 4.78 is 16.4. The molecule has 0 atom stereocenters. The van der Waals surface area contributed by atoms with Crippen molar-refractivity contribution in [2.45, 2.75) is 19.5 Å². The summed E-state index contributed by atoms with van der Waals surface area (Å²) in [7, 11) is 8.93. The molecule has 8 heteroatoms. The van der Waals surface area contributed by atoms with Gasteiger partial charge < -0.3 is 24.4 Å². The van der Waals surface area contributed by atoms with E-state index in [0.717, 1.165) is 67.9 Å². The molecule has 1 aliphatic rings. The summed E-state index contributed by atoms with van der Waals surface area (Å²) in [6.07, 6.45) is 1.01. The topological polar surface area (TPSA) is 58.6 Å². The Balaban J connectivity index is 0.00000363. The van der Waals surface area contributed by atoms with E-state index in [1.54, 1.807) is 21.3 Å². The van der Waals surface area contributed by atoms with Gasteiger partial charge in [0.15, 0.2) is 17.5 Å². The highest BCUT2D eigenvalue weighted by Gasteiger charge is 2.19. The Labute approximate surface area is 208 Å². The van der Waals surface area contributed by atoms with Gasteiger partial charge in [0, 0.05) is 52.4 Å². The molecule has 0 fully saturated rings. The lowest BCUT2D eigenvalue weighted by Crippen LogP contribution is -2.43. The van der Waals surface area contributed by atoms with Crippen LogP contribution in [0.3, 0.4) is 0 Å². The fraction of sp³-hybridized carbons (Fsp3) is 0.458. The number of guanidine groups is 1. The molecule has 0 aromatic heterocycles. The molecule has 1 aliphatic heterocycles. The summed E-state index contributed by atoms with van der Waals surface area (Å²) in [5.74, 6) is 3.36. The number of methoxy groups -OCH3 is 3. The molecular formula is C24H35IN4O3. The molecule has 2 aromatic rings. The second-order valence-electron chi connectivity index (χ2n) is 7.64. The van der Waals surface area contributed by atoms with Crippen molar-refractivity contribution < 1.29 is 14.2 Å². The molecule has 0 saturated heterocycles. The fourth-order valence-corrected chi connectivity index (χ4v) is 4.01. The lowest BCUT2D eigenvalue weighted by Gasteiger charge is -2.30. The van der Waals surface area contributed by atoms with Crippen LogP contribution in [0.5, 0.6) is 17.2 Å². The van der Waals surface area contributed by atoms with Gasteiger partial charge in [-0.3, -0.25) is 9.89 Å². The summed E-state index contributed by atoms with van der Waals surface area (Å²) in [6, 6.07) is 12.3. The summed E-state index contributed by atoms with van der Waals surface area (Å²) in [5, 5.41) is 3.49. The first kappa shape index (κ1) is 26.1. The number of aliphatic imine (C=N–C) groups is 1. The molecule has 1 heterocycles. The van der Waals surface area contributed by atoms with Crippen molar-refractivity contribution in [3.05, 3.63) is 53.1 Å². The highest BCUT2D eigenvalue weighted by atomic mass is 127. The van der Waals surface area contributed by atoms with Crippen LogP contribution in [0.25, 0.3) is 0 Å². The Morgan fingerprint density at radius 1 is 1.03 bits per heavy atom. The zero-order valence-electron chi connectivity index (χ0n) is 19.7. The minimum absolute atomic E-state index is 0. The molecular weight excluding hydrogens is 519 g/mol. The maximum atomic E-state index is 5.47. The van der Waals surface area contributed by atoms with Gasteiger partial charge in [-0.1, -0.05) is 18.2 Å². The number of para-hydroxylation sites is 1. The molecule has 1 N–H and O–H groups in total. The first-order chi connectivity index (χ1) is 15.1. The second kappa shape index (κ2) is 12.7. The summed E-state index contributed by atoms with van der Waals surface area (Å²) >= 11 is 0. The highest BCUT2D eigenvalue weighted by Crippen LogP contribution is 2.33. The number of halogens is 1. The average Bonchev–Trinajstić information content (AvgIpc) is 2.81. The molecule has 0 amide bonds. The second-order valence-corrected chi connectivity index (χ2v) is 7.64. The minimum Gasteiger partial charge on any atom is -0.496 e. The van der Waals surface area contributed by atoms with Crippen molar-refractivity contribution in [1.29, 1.82) is 0 Å². The van der Waals surface area contributed by atoms with Crippen LogP contribution in [0.15, 0.2) is 41.4 Å². The van der Waals surface area contributed by atoms with Crippen LogP contribution in [0.2, 0.25) is 0 Å². The number of nitrogens with one attached hydrogen (secondary N) is 1. The monoisotopic (exact) mass is 554 g/mol. The Hall–Kier alpha value is -2.20. The van der Waals surface area contributed by atoms with Gasteiger partial charge in [0.25, 0.3) is 0 Å². The first-order valence-corrected chi connectivity index (χ1v) is 10.6. The molecule has 7 nitrogen and oxygen atoms in total. The number of hydrogen-bond donors (Lipinski definition) is 1. The summed E-state index contributed by atoms with van der Waals surface area (Å²) in [6.45, 7) is 4.43. The molecule has 0 aliphatic carbocycles. The first-order valence-electron chi connectivity index (χ1n) is 10.6. The number of ether oxygens (including phenoxy) is 3. The molecule has 176 valence electrons. The van der Waals surface area contributed by atoms with Crippen molar-refractivity contribution in [3.63, 3.8) is 0 Å². The predicted molar refractivity (Wildman–Crippen MR) is 140 cm³/mol. The molecule has 2 aromatic carbocycles. The van der Waals surface area contributed by atoms with E-state index in [2.05, 4.69) is 38.3 Å². The maximum Gasteiger partial charge on any atom is 0.193 e.